The van der Waals surface area contributed by atoms with E-state index < -0.39 is 55.3 Å². The van der Waals surface area contributed by atoms with Crippen molar-refractivity contribution in [2.24, 2.45) is 0 Å². The largest absolute Gasteiger partial charge is 0.453 e. The lowest BCUT2D eigenvalue weighted by molar-refractivity contribution is -0.140. The first kappa shape index (κ1) is 25.8. The summed E-state index contributed by atoms with van der Waals surface area (Å²) in [6.07, 6.45) is -6.50. The summed E-state index contributed by atoms with van der Waals surface area (Å²) in [5.41, 5.74) is -1.04. The number of ether oxygens (including phenoxy) is 2. The van der Waals surface area contributed by atoms with Gasteiger partial charge in [-0.25, -0.2) is 9.59 Å². The number of aromatic nitrogens is 2. The molecule has 1 aliphatic rings. The van der Waals surface area contributed by atoms with Gasteiger partial charge in [-0.15, -0.1) is 0 Å². The molecule has 0 radical (unpaired) electrons. The van der Waals surface area contributed by atoms with Crippen molar-refractivity contribution < 1.29 is 42.4 Å². The smallest absolute Gasteiger partial charge is 0.412 e. The van der Waals surface area contributed by atoms with Crippen LogP contribution >= 0.6 is 6.64 Å². The zero-order valence-electron chi connectivity index (χ0n) is 17.3. The second-order valence-corrected chi connectivity index (χ2v) is 9.90. The molecule has 1 aliphatic heterocycles. The molecule has 34 heavy (non-hydrogen) atoms. The number of hydrogen-bond donors (Lipinski definition) is 4. The molecular weight excluding hydrogens is 501 g/mol. The highest BCUT2D eigenvalue weighted by molar-refractivity contribution is 8.08. The summed E-state index contributed by atoms with van der Waals surface area (Å²) >= 11 is 4.83. The summed E-state index contributed by atoms with van der Waals surface area (Å²) in [6.45, 7) is -4.81. The summed E-state index contributed by atoms with van der Waals surface area (Å²) in [4.78, 5) is 49.2. The highest BCUT2D eigenvalue weighted by Crippen LogP contribution is 2.44. The van der Waals surface area contributed by atoms with Crippen molar-refractivity contribution in [1.82, 2.24) is 14.6 Å². The van der Waals surface area contributed by atoms with Crippen LogP contribution in [0.5, 0.6) is 0 Å². The van der Waals surface area contributed by atoms with Crippen LogP contribution in [0.25, 0.3) is 0 Å². The molecule has 184 valence electrons. The lowest BCUT2D eigenvalue weighted by Gasteiger charge is -2.21. The third kappa shape index (κ3) is 5.81. The number of benzene rings is 1. The molecule has 0 aliphatic carbocycles. The van der Waals surface area contributed by atoms with Gasteiger partial charge in [-0.05, 0) is 30.0 Å². The normalized spacial score (nSPS) is 23.0. The summed E-state index contributed by atoms with van der Waals surface area (Å²) in [5, 5.41) is 14.2. The summed E-state index contributed by atoms with van der Waals surface area (Å²) in [6, 6.07) is 8.78. The number of anilines is 1. The van der Waals surface area contributed by atoms with Gasteiger partial charge < -0.3 is 24.0 Å². The molecule has 2 heterocycles. The molecule has 1 saturated heterocycles. The lowest BCUT2D eigenvalue weighted by atomic mass is 10.1. The predicted octanol–water partition coefficient (Wildman–Crippen LogP) is 0.979. The third-order valence-electron chi connectivity index (χ3n) is 4.57. The van der Waals surface area contributed by atoms with Crippen LogP contribution in [0.4, 0.5) is 19.4 Å². The highest BCUT2D eigenvalue weighted by Gasteiger charge is 2.60. The van der Waals surface area contributed by atoms with E-state index in [9.17, 15) is 33.2 Å². The van der Waals surface area contributed by atoms with E-state index in [1.807, 2.05) is 0 Å². The number of nitrogens with one attached hydrogen (secondary N) is 2. The second-order valence-electron chi connectivity index (χ2n) is 6.89. The predicted molar refractivity (Wildman–Crippen MR) is 116 cm³/mol. The Morgan fingerprint density at radius 1 is 1.32 bits per heavy atom. The Kier molecular flexibility index (Phi) is 7.75. The van der Waals surface area contributed by atoms with Gasteiger partial charge in [0.2, 0.25) is 6.23 Å². The molecule has 2 aromatic rings. The molecule has 4 N–H and O–H groups in total. The van der Waals surface area contributed by atoms with Gasteiger partial charge in [-0.1, -0.05) is 18.2 Å². The minimum Gasteiger partial charge on any atom is -0.453 e. The van der Waals surface area contributed by atoms with Crippen LogP contribution in [0.1, 0.15) is 16.6 Å². The average Bonchev–Trinajstić information content (AvgIpc) is 3.01. The van der Waals surface area contributed by atoms with Crippen molar-refractivity contribution >= 4 is 36.3 Å². The maximum absolute atomic E-state index is 14.7. The number of aliphatic hydroxyl groups is 1. The summed E-state index contributed by atoms with van der Waals surface area (Å²) in [5.74, 6) is -4.98. The van der Waals surface area contributed by atoms with Crippen molar-refractivity contribution in [3.8, 4) is 0 Å². The molecule has 0 saturated carbocycles. The molecular formula is C18H19F2N4O8PS. The number of halogens is 2. The Hall–Kier alpha value is -2.81. The molecule has 1 unspecified atom stereocenters. The van der Waals surface area contributed by atoms with Crippen molar-refractivity contribution in [2.75, 3.05) is 19.0 Å². The molecule has 12 nitrogen and oxygen atoms in total. The molecule has 0 spiro atoms. The number of aliphatic hydroxyl groups excluding tert-OH is 1. The molecule has 4 atom stereocenters. The van der Waals surface area contributed by atoms with E-state index in [2.05, 4.69) is 20.1 Å². The SMILES string of the molecule is COC(=O)Nc1ccn([C@@H]2O[C@H](COP(O)(=S)NC(=O)c3ccccc3)[C@@H](O)C2(F)F)c(=O)n1. The van der Waals surface area contributed by atoms with E-state index in [0.29, 0.717) is 4.57 Å². The van der Waals surface area contributed by atoms with Crippen molar-refractivity contribution in [2.45, 2.75) is 24.4 Å². The van der Waals surface area contributed by atoms with Gasteiger partial charge in [0.1, 0.15) is 11.9 Å². The van der Waals surface area contributed by atoms with Crippen LogP contribution in [0, 0.1) is 0 Å². The van der Waals surface area contributed by atoms with Crippen molar-refractivity contribution in [1.29, 1.82) is 0 Å². The van der Waals surface area contributed by atoms with Crippen LogP contribution in [0.15, 0.2) is 47.4 Å². The van der Waals surface area contributed by atoms with Crippen LogP contribution < -0.4 is 16.1 Å². The van der Waals surface area contributed by atoms with Crippen molar-refractivity contribution in [3.05, 3.63) is 58.6 Å². The minimum atomic E-state index is -3.99. The number of nitrogens with zero attached hydrogens (tertiary/aromatic N) is 2. The highest BCUT2D eigenvalue weighted by atomic mass is 32.5. The zero-order valence-corrected chi connectivity index (χ0v) is 19.0. The number of alkyl halides is 2. The zero-order chi connectivity index (χ0) is 25.1. The molecule has 2 amide bonds. The lowest BCUT2D eigenvalue weighted by Crippen LogP contribution is -2.42. The van der Waals surface area contributed by atoms with E-state index in [4.69, 9.17) is 21.1 Å². The fourth-order valence-electron chi connectivity index (χ4n) is 2.91. The molecule has 1 fully saturated rings. The van der Waals surface area contributed by atoms with Gasteiger partial charge in [0.25, 0.3) is 12.5 Å². The molecule has 0 bridgehead atoms. The maximum atomic E-state index is 14.7. The van der Waals surface area contributed by atoms with E-state index in [1.54, 1.807) is 18.2 Å². The Morgan fingerprint density at radius 3 is 2.62 bits per heavy atom. The Labute approximate surface area is 195 Å². The Balaban J connectivity index is 1.69. The number of rotatable bonds is 7. The fourth-order valence-corrected chi connectivity index (χ4v) is 4.14. The number of methoxy groups -OCH3 is 1. The van der Waals surface area contributed by atoms with Crippen LogP contribution in [-0.4, -0.2) is 63.4 Å². The summed E-state index contributed by atoms with van der Waals surface area (Å²) in [7, 11) is 1.08. The molecule has 1 aromatic carbocycles. The first-order valence-electron chi connectivity index (χ1n) is 9.45. The van der Waals surface area contributed by atoms with Gasteiger partial charge in [0.15, 0.2) is 6.10 Å². The fraction of sp³-hybridized carbons (Fsp3) is 0.333. The van der Waals surface area contributed by atoms with Gasteiger partial charge >= 0.3 is 17.7 Å². The number of hydrogen-bond acceptors (Lipinski definition) is 9. The molecule has 3 rings (SSSR count). The third-order valence-corrected chi connectivity index (χ3v) is 6.15. The Morgan fingerprint density at radius 2 is 2.00 bits per heavy atom. The number of carbonyl (C=O) groups excluding carboxylic acids is 2. The summed E-state index contributed by atoms with van der Waals surface area (Å²) < 4.78 is 44.3. The molecule has 16 heteroatoms. The van der Waals surface area contributed by atoms with Gasteiger partial charge in [-0.3, -0.25) is 19.8 Å². The van der Waals surface area contributed by atoms with E-state index in [0.717, 1.165) is 19.4 Å². The van der Waals surface area contributed by atoms with Gasteiger partial charge in [-0.2, -0.15) is 13.8 Å². The van der Waals surface area contributed by atoms with Crippen LogP contribution in [-0.2, 0) is 25.8 Å². The van der Waals surface area contributed by atoms with Crippen molar-refractivity contribution in [3.63, 3.8) is 0 Å². The Bertz CT molecular complexity index is 1170. The van der Waals surface area contributed by atoms with E-state index in [-0.39, 0.29) is 11.4 Å². The van der Waals surface area contributed by atoms with Crippen LogP contribution in [0.2, 0.25) is 0 Å². The standard InChI is InChI=1S/C18H19F2N4O8PS/c1-30-17(28)22-12-7-8-24(16(27)21-12)15-18(19,20)13(25)11(32-15)9-31-33(29,34)23-14(26)10-5-3-2-4-6-10/h2-8,11,13,15,25H,9H2,1H3,(H,21,22,27,28)(H2,23,26,29,34)/t11-,13-,15-,33?/m1/s1. The minimum absolute atomic E-state index is 0.176. The van der Waals surface area contributed by atoms with Gasteiger partial charge in [0, 0.05) is 11.8 Å². The first-order valence-corrected chi connectivity index (χ1v) is 12.1. The number of carbonyl (C=O) groups is 2. The topological polar surface area (TPSA) is 161 Å². The van der Waals surface area contributed by atoms with Gasteiger partial charge in [0.05, 0.1) is 13.7 Å². The maximum Gasteiger partial charge on any atom is 0.412 e. The monoisotopic (exact) mass is 520 g/mol. The second kappa shape index (κ2) is 10.2. The molecule has 1 aromatic heterocycles. The van der Waals surface area contributed by atoms with E-state index in [1.165, 1.54) is 12.1 Å². The van der Waals surface area contributed by atoms with E-state index >= 15 is 0 Å². The van der Waals surface area contributed by atoms with Crippen LogP contribution in [0.3, 0.4) is 0 Å². The first-order chi connectivity index (χ1) is 15.9. The number of amides is 2. The quantitative estimate of drug-likeness (QED) is 0.387. The average molecular weight is 520 g/mol.